The summed E-state index contributed by atoms with van der Waals surface area (Å²) < 4.78 is 5.61. The number of pyridine rings is 1. The van der Waals surface area contributed by atoms with Gasteiger partial charge in [0.2, 0.25) is 0 Å². The fraction of sp³-hybridized carbons (Fsp3) is 0.200. The first-order valence-electron chi connectivity index (χ1n) is 6.52. The maximum Gasteiger partial charge on any atom is 0.283 e. The van der Waals surface area contributed by atoms with Crippen LogP contribution in [0.25, 0.3) is 0 Å². The molecule has 21 heavy (non-hydrogen) atoms. The van der Waals surface area contributed by atoms with Gasteiger partial charge in [0, 0.05) is 6.61 Å². The summed E-state index contributed by atoms with van der Waals surface area (Å²) in [5.41, 5.74) is 3.97. The molecule has 0 atom stereocenters. The van der Waals surface area contributed by atoms with Crippen molar-refractivity contribution in [2.24, 2.45) is 5.84 Å². The third kappa shape index (κ3) is 4.27. The average molecular weight is 287 g/mol. The number of hydrogen-bond donors (Lipinski definition) is 3. The molecular weight excluding hydrogens is 270 g/mol. The molecule has 0 radical (unpaired) electrons. The number of carbonyl (C=O) groups is 1. The van der Waals surface area contributed by atoms with Crippen molar-refractivity contribution < 1.29 is 14.6 Å². The minimum absolute atomic E-state index is 0.125. The van der Waals surface area contributed by atoms with Crippen molar-refractivity contribution in [1.29, 1.82) is 0 Å². The highest BCUT2D eigenvalue weighted by atomic mass is 16.5. The number of nitrogens with zero attached hydrogens (tertiary/aromatic N) is 1. The number of amides is 1. The number of aliphatic hydroxyl groups is 1. The van der Waals surface area contributed by atoms with Crippen molar-refractivity contribution in [3.05, 3.63) is 59.4 Å². The molecule has 0 aliphatic carbocycles. The van der Waals surface area contributed by atoms with Gasteiger partial charge in [0.05, 0.1) is 5.69 Å². The SMILES string of the molecule is NNC(=O)c1cccc(COc2ccc(CCO)cc2)n1. The monoisotopic (exact) mass is 287 g/mol. The van der Waals surface area contributed by atoms with E-state index < -0.39 is 5.91 Å². The third-order valence-electron chi connectivity index (χ3n) is 2.88. The summed E-state index contributed by atoms with van der Waals surface area (Å²) in [4.78, 5) is 15.5. The molecule has 1 aromatic heterocycles. The predicted molar refractivity (Wildman–Crippen MR) is 77.5 cm³/mol. The van der Waals surface area contributed by atoms with Crippen LogP contribution >= 0.6 is 0 Å². The summed E-state index contributed by atoms with van der Waals surface area (Å²) in [5, 5.41) is 8.85. The quantitative estimate of drug-likeness (QED) is 0.415. The Morgan fingerprint density at radius 1 is 1.24 bits per heavy atom. The van der Waals surface area contributed by atoms with Crippen LogP contribution in [0.1, 0.15) is 21.7 Å². The number of benzene rings is 1. The molecule has 4 N–H and O–H groups in total. The van der Waals surface area contributed by atoms with Crippen molar-refractivity contribution in [1.82, 2.24) is 10.4 Å². The zero-order valence-corrected chi connectivity index (χ0v) is 11.5. The molecule has 0 unspecified atom stereocenters. The fourth-order valence-corrected chi connectivity index (χ4v) is 1.80. The summed E-state index contributed by atoms with van der Waals surface area (Å²) in [6, 6.07) is 12.5. The van der Waals surface area contributed by atoms with Crippen molar-refractivity contribution in [3.63, 3.8) is 0 Å². The van der Waals surface area contributed by atoms with Crippen LogP contribution in [0.4, 0.5) is 0 Å². The average Bonchev–Trinajstić information content (AvgIpc) is 2.54. The maximum absolute atomic E-state index is 11.4. The van der Waals surface area contributed by atoms with Crippen molar-refractivity contribution in [3.8, 4) is 5.75 Å². The second-order valence-electron chi connectivity index (χ2n) is 4.39. The molecule has 2 rings (SSSR count). The lowest BCUT2D eigenvalue weighted by Gasteiger charge is -2.07. The Labute approximate surface area is 122 Å². The Hall–Kier alpha value is -2.44. The molecule has 2 aromatic rings. The van der Waals surface area contributed by atoms with Crippen LogP contribution in [-0.4, -0.2) is 22.6 Å². The number of hydrogen-bond acceptors (Lipinski definition) is 5. The molecule has 0 saturated heterocycles. The number of nitrogen functional groups attached to an aromatic ring is 1. The van der Waals surface area contributed by atoms with Gasteiger partial charge in [-0.15, -0.1) is 0 Å². The van der Waals surface area contributed by atoms with Gasteiger partial charge < -0.3 is 9.84 Å². The Bertz CT molecular complexity index is 599. The number of carbonyl (C=O) groups excluding carboxylic acids is 1. The van der Waals surface area contributed by atoms with E-state index in [0.29, 0.717) is 17.9 Å². The van der Waals surface area contributed by atoms with Crippen LogP contribution in [0, 0.1) is 0 Å². The minimum Gasteiger partial charge on any atom is -0.487 e. The van der Waals surface area contributed by atoms with E-state index in [1.54, 1.807) is 18.2 Å². The summed E-state index contributed by atoms with van der Waals surface area (Å²) in [6.07, 6.45) is 0.623. The van der Waals surface area contributed by atoms with E-state index in [0.717, 1.165) is 5.56 Å². The van der Waals surface area contributed by atoms with E-state index in [1.807, 2.05) is 29.7 Å². The lowest BCUT2D eigenvalue weighted by atomic mass is 10.1. The van der Waals surface area contributed by atoms with Crippen molar-refractivity contribution >= 4 is 5.91 Å². The molecule has 1 aromatic carbocycles. The number of aliphatic hydroxyl groups excluding tert-OH is 1. The second kappa shape index (κ2) is 7.37. The van der Waals surface area contributed by atoms with E-state index in [-0.39, 0.29) is 18.9 Å². The molecule has 6 heteroatoms. The Balaban J connectivity index is 1.97. The van der Waals surface area contributed by atoms with E-state index in [9.17, 15) is 4.79 Å². The first-order valence-corrected chi connectivity index (χ1v) is 6.52. The standard InChI is InChI=1S/C15H17N3O3/c16-18-15(20)14-3-1-2-12(17-14)10-21-13-6-4-11(5-7-13)8-9-19/h1-7,19H,8-10,16H2,(H,18,20). The highest BCUT2D eigenvalue weighted by molar-refractivity contribution is 5.91. The molecular formula is C15H17N3O3. The van der Waals surface area contributed by atoms with Gasteiger partial charge in [0.25, 0.3) is 5.91 Å². The molecule has 6 nitrogen and oxygen atoms in total. The van der Waals surface area contributed by atoms with E-state index in [2.05, 4.69) is 4.98 Å². The minimum atomic E-state index is -0.440. The van der Waals surface area contributed by atoms with Gasteiger partial charge in [-0.05, 0) is 36.2 Å². The molecule has 0 aliphatic heterocycles. The summed E-state index contributed by atoms with van der Waals surface area (Å²) in [5.74, 6) is 5.33. The van der Waals surface area contributed by atoms with Crippen LogP contribution in [0.15, 0.2) is 42.5 Å². The number of nitrogens with one attached hydrogen (secondary N) is 1. The molecule has 0 saturated carbocycles. The van der Waals surface area contributed by atoms with Gasteiger partial charge >= 0.3 is 0 Å². The van der Waals surface area contributed by atoms with Gasteiger partial charge in [0.15, 0.2) is 0 Å². The Morgan fingerprint density at radius 2 is 2.00 bits per heavy atom. The number of rotatable bonds is 6. The Morgan fingerprint density at radius 3 is 2.67 bits per heavy atom. The van der Waals surface area contributed by atoms with Crippen molar-refractivity contribution in [2.75, 3.05) is 6.61 Å². The smallest absolute Gasteiger partial charge is 0.283 e. The largest absolute Gasteiger partial charge is 0.487 e. The topological polar surface area (TPSA) is 97.5 Å². The summed E-state index contributed by atoms with van der Waals surface area (Å²) in [7, 11) is 0. The first kappa shape index (κ1) is 15.0. The van der Waals surface area contributed by atoms with E-state index in [4.69, 9.17) is 15.7 Å². The van der Waals surface area contributed by atoms with Crippen LogP contribution in [0.5, 0.6) is 5.75 Å². The first-order chi connectivity index (χ1) is 10.2. The molecule has 0 spiro atoms. The van der Waals surface area contributed by atoms with Crippen LogP contribution in [0.3, 0.4) is 0 Å². The summed E-state index contributed by atoms with van der Waals surface area (Å²) >= 11 is 0. The van der Waals surface area contributed by atoms with E-state index >= 15 is 0 Å². The zero-order valence-electron chi connectivity index (χ0n) is 11.5. The Kier molecular flexibility index (Phi) is 5.25. The van der Waals surface area contributed by atoms with Crippen LogP contribution < -0.4 is 16.0 Å². The van der Waals surface area contributed by atoms with Gasteiger partial charge in [-0.1, -0.05) is 18.2 Å². The highest BCUT2D eigenvalue weighted by Gasteiger charge is 2.06. The van der Waals surface area contributed by atoms with Gasteiger partial charge in [0.1, 0.15) is 18.1 Å². The molecule has 1 amide bonds. The number of ether oxygens (including phenoxy) is 1. The van der Waals surface area contributed by atoms with Crippen LogP contribution in [-0.2, 0) is 13.0 Å². The lowest BCUT2D eigenvalue weighted by molar-refractivity contribution is 0.0948. The number of aromatic nitrogens is 1. The van der Waals surface area contributed by atoms with Gasteiger partial charge in [-0.25, -0.2) is 10.8 Å². The van der Waals surface area contributed by atoms with Crippen LogP contribution in [0.2, 0.25) is 0 Å². The third-order valence-corrected chi connectivity index (χ3v) is 2.88. The molecule has 0 bridgehead atoms. The molecule has 0 fully saturated rings. The van der Waals surface area contributed by atoms with E-state index in [1.165, 1.54) is 0 Å². The van der Waals surface area contributed by atoms with Gasteiger partial charge in [-0.3, -0.25) is 10.2 Å². The highest BCUT2D eigenvalue weighted by Crippen LogP contribution is 2.14. The fourth-order valence-electron chi connectivity index (χ4n) is 1.80. The zero-order chi connectivity index (χ0) is 15.1. The number of nitrogens with two attached hydrogens (primary N) is 1. The maximum atomic E-state index is 11.4. The van der Waals surface area contributed by atoms with Gasteiger partial charge in [-0.2, -0.15) is 0 Å². The predicted octanol–water partition coefficient (Wildman–Crippen LogP) is 0.799. The lowest BCUT2D eigenvalue weighted by Crippen LogP contribution is -2.30. The molecule has 0 aliphatic rings. The number of hydrazine groups is 1. The molecule has 110 valence electrons. The summed E-state index contributed by atoms with van der Waals surface area (Å²) in [6.45, 7) is 0.380. The van der Waals surface area contributed by atoms with Crippen molar-refractivity contribution in [2.45, 2.75) is 13.0 Å². The molecule has 1 heterocycles. The normalized spacial score (nSPS) is 10.2. The second-order valence-corrected chi connectivity index (χ2v) is 4.39.